The Kier molecular flexibility index (Phi) is 6.54. The van der Waals surface area contributed by atoms with Gasteiger partial charge < -0.3 is 11.1 Å². The Morgan fingerprint density at radius 3 is 2.52 bits per heavy atom. The molecule has 1 rings (SSSR count). The quantitative estimate of drug-likeness (QED) is 0.787. The highest BCUT2D eigenvalue weighted by atomic mass is 32.2. The van der Waals surface area contributed by atoms with Crippen LogP contribution in [0.25, 0.3) is 0 Å². The fourth-order valence-corrected chi connectivity index (χ4v) is 2.46. The molecule has 3 nitrogen and oxygen atoms in total. The van der Waals surface area contributed by atoms with Gasteiger partial charge in [-0.2, -0.15) is 13.2 Å². The van der Waals surface area contributed by atoms with Crippen molar-refractivity contribution in [2.45, 2.75) is 37.4 Å². The molecule has 3 N–H and O–H groups in total. The van der Waals surface area contributed by atoms with E-state index >= 15 is 0 Å². The highest BCUT2D eigenvalue weighted by Gasteiger charge is 2.28. The number of para-hydroxylation sites is 1. The average Bonchev–Trinajstić information content (AvgIpc) is 2.35. The third-order valence-electron chi connectivity index (χ3n) is 2.60. The number of thioether (sulfide) groups is 1. The summed E-state index contributed by atoms with van der Waals surface area (Å²) < 4.78 is 36.8. The molecule has 0 saturated heterocycles. The minimum absolute atomic E-state index is 0.264. The number of carbonyl (C=O) groups is 1. The van der Waals surface area contributed by atoms with Crippen LogP contribution in [0.1, 0.15) is 20.3 Å². The lowest BCUT2D eigenvalue weighted by Gasteiger charge is -2.16. The van der Waals surface area contributed by atoms with Gasteiger partial charge >= 0.3 is 6.18 Å². The maximum absolute atomic E-state index is 12.3. The van der Waals surface area contributed by atoms with Crippen molar-refractivity contribution in [3.05, 3.63) is 24.3 Å². The molecule has 0 aliphatic heterocycles. The second kappa shape index (κ2) is 7.70. The smallest absolute Gasteiger partial charge is 0.324 e. The van der Waals surface area contributed by atoms with Crippen LogP contribution in [-0.4, -0.2) is 23.9 Å². The first-order valence-electron chi connectivity index (χ1n) is 6.54. The van der Waals surface area contributed by atoms with Gasteiger partial charge in [0.1, 0.15) is 0 Å². The van der Waals surface area contributed by atoms with Crippen molar-refractivity contribution in [2.24, 2.45) is 11.7 Å². The number of anilines is 1. The minimum atomic E-state index is -4.25. The van der Waals surface area contributed by atoms with Gasteiger partial charge in [-0.05, 0) is 24.5 Å². The Labute approximate surface area is 126 Å². The van der Waals surface area contributed by atoms with Crippen molar-refractivity contribution < 1.29 is 18.0 Å². The van der Waals surface area contributed by atoms with Crippen molar-refractivity contribution in [3.63, 3.8) is 0 Å². The van der Waals surface area contributed by atoms with Crippen LogP contribution in [0.15, 0.2) is 29.2 Å². The maximum Gasteiger partial charge on any atom is 0.398 e. The number of benzene rings is 1. The lowest BCUT2D eigenvalue weighted by Crippen LogP contribution is -2.36. The van der Waals surface area contributed by atoms with Gasteiger partial charge in [0.25, 0.3) is 0 Å². The van der Waals surface area contributed by atoms with Crippen molar-refractivity contribution in [2.75, 3.05) is 11.1 Å². The Hall–Kier alpha value is -1.21. The molecule has 0 spiro atoms. The molecular formula is C14H19F3N2OS. The van der Waals surface area contributed by atoms with E-state index in [2.05, 4.69) is 5.32 Å². The number of amides is 1. The zero-order valence-corrected chi connectivity index (χ0v) is 12.7. The van der Waals surface area contributed by atoms with Crippen LogP contribution >= 0.6 is 11.8 Å². The number of carbonyl (C=O) groups excluding carboxylic acids is 1. The molecule has 118 valence electrons. The first-order valence-corrected chi connectivity index (χ1v) is 7.52. The van der Waals surface area contributed by atoms with Gasteiger partial charge in [0.05, 0.1) is 17.5 Å². The molecule has 0 saturated carbocycles. The van der Waals surface area contributed by atoms with Crippen LogP contribution in [0.4, 0.5) is 18.9 Å². The lowest BCUT2D eigenvalue weighted by molar-refractivity contribution is -0.117. The zero-order valence-electron chi connectivity index (χ0n) is 11.9. The van der Waals surface area contributed by atoms with E-state index in [1.807, 2.05) is 13.8 Å². The largest absolute Gasteiger partial charge is 0.398 e. The number of rotatable bonds is 6. The molecule has 1 atom stereocenters. The molecule has 7 heteroatoms. The number of alkyl halides is 3. The number of halogens is 3. The van der Waals surface area contributed by atoms with Gasteiger partial charge in [-0.3, -0.25) is 4.79 Å². The van der Waals surface area contributed by atoms with E-state index in [4.69, 9.17) is 5.73 Å². The normalized spacial score (nSPS) is 13.3. The molecule has 1 amide bonds. The molecule has 1 aromatic carbocycles. The predicted molar refractivity (Wildman–Crippen MR) is 79.3 cm³/mol. The van der Waals surface area contributed by atoms with Gasteiger partial charge in [0.2, 0.25) is 5.91 Å². The lowest BCUT2D eigenvalue weighted by atomic mass is 10.0. The summed E-state index contributed by atoms with van der Waals surface area (Å²) >= 11 is 0.641. The zero-order chi connectivity index (χ0) is 16.0. The van der Waals surface area contributed by atoms with Crippen molar-refractivity contribution in [1.29, 1.82) is 0 Å². The number of hydrogen-bond donors (Lipinski definition) is 2. The second-order valence-corrected chi connectivity index (χ2v) is 6.14. The Morgan fingerprint density at radius 2 is 1.95 bits per heavy atom. The highest BCUT2D eigenvalue weighted by molar-refractivity contribution is 7.99. The summed E-state index contributed by atoms with van der Waals surface area (Å²) in [6.45, 7) is 3.89. The molecule has 0 radical (unpaired) electrons. The number of nitrogens with one attached hydrogen (secondary N) is 1. The van der Waals surface area contributed by atoms with Gasteiger partial charge in [-0.1, -0.05) is 26.0 Å². The molecule has 0 bridgehead atoms. The van der Waals surface area contributed by atoms with E-state index < -0.39 is 18.0 Å². The third-order valence-corrected chi connectivity index (χ3v) is 3.74. The summed E-state index contributed by atoms with van der Waals surface area (Å²) in [7, 11) is 0. The van der Waals surface area contributed by atoms with Crippen molar-refractivity contribution in [1.82, 2.24) is 0 Å². The number of hydrogen-bond acceptors (Lipinski definition) is 3. The first-order chi connectivity index (χ1) is 9.69. The van der Waals surface area contributed by atoms with E-state index in [0.29, 0.717) is 28.8 Å². The van der Waals surface area contributed by atoms with E-state index in [1.54, 1.807) is 24.3 Å². The van der Waals surface area contributed by atoms with Gasteiger partial charge in [0, 0.05) is 4.90 Å². The monoisotopic (exact) mass is 320 g/mol. The Balaban J connectivity index is 2.72. The molecule has 1 aromatic rings. The molecule has 0 aliphatic rings. The fraction of sp³-hybridized carbons (Fsp3) is 0.500. The minimum Gasteiger partial charge on any atom is -0.324 e. The van der Waals surface area contributed by atoms with E-state index in [-0.39, 0.29) is 11.8 Å². The summed E-state index contributed by atoms with van der Waals surface area (Å²) in [5, 5.41) is 2.60. The third kappa shape index (κ3) is 6.86. The molecule has 0 aromatic heterocycles. The Bertz CT molecular complexity index is 478. The van der Waals surface area contributed by atoms with Crippen LogP contribution in [0.3, 0.4) is 0 Å². The topological polar surface area (TPSA) is 55.1 Å². The van der Waals surface area contributed by atoms with Gasteiger partial charge in [0.15, 0.2) is 0 Å². The van der Waals surface area contributed by atoms with E-state index in [0.717, 1.165) is 0 Å². The number of nitrogens with two attached hydrogens (primary N) is 1. The van der Waals surface area contributed by atoms with Crippen LogP contribution < -0.4 is 11.1 Å². The van der Waals surface area contributed by atoms with Crippen LogP contribution in [-0.2, 0) is 4.79 Å². The molecule has 0 unspecified atom stereocenters. The van der Waals surface area contributed by atoms with E-state index in [1.165, 1.54) is 0 Å². The van der Waals surface area contributed by atoms with Gasteiger partial charge in [-0.15, -0.1) is 11.8 Å². The molecule has 21 heavy (non-hydrogen) atoms. The Morgan fingerprint density at radius 1 is 1.33 bits per heavy atom. The summed E-state index contributed by atoms with van der Waals surface area (Å²) in [6, 6.07) is 5.72. The van der Waals surface area contributed by atoms with E-state index in [9.17, 15) is 18.0 Å². The standard InChI is InChI=1S/C14H19F3N2OS/c1-9(2)7-10(18)13(20)19-11-5-3-4-6-12(11)21-8-14(15,16)17/h3-6,9-10H,7-8,18H2,1-2H3,(H,19,20)/t10-/m0/s1. The SMILES string of the molecule is CC(C)C[C@H](N)C(=O)Nc1ccccc1SCC(F)(F)F. The molecule has 0 fully saturated rings. The van der Waals surface area contributed by atoms with Crippen LogP contribution in [0, 0.1) is 5.92 Å². The van der Waals surface area contributed by atoms with Crippen molar-refractivity contribution >= 4 is 23.4 Å². The molecular weight excluding hydrogens is 301 g/mol. The second-order valence-electron chi connectivity index (χ2n) is 5.13. The molecule has 0 heterocycles. The summed E-state index contributed by atoms with van der Waals surface area (Å²) in [5.41, 5.74) is 6.12. The predicted octanol–water partition coefficient (Wildman–Crippen LogP) is 3.65. The fourth-order valence-electron chi connectivity index (χ4n) is 1.70. The maximum atomic E-state index is 12.3. The average molecular weight is 320 g/mol. The van der Waals surface area contributed by atoms with Crippen molar-refractivity contribution in [3.8, 4) is 0 Å². The molecule has 0 aliphatic carbocycles. The first kappa shape index (κ1) is 17.8. The summed E-state index contributed by atoms with van der Waals surface area (Å²) in [5.74, 6) is -1.12. The van der Waals surface area contributed by atoms with Crippen LogP contribution in [0.2, 0.25) is 0 Å². The summed E-state index contributed by atoms with van der Waals surface area (Å²) in [4.78, 5) is 12.3. The summed E-state index contributed by atoms with van der Waals surface area (Å²) in [6.07, 6.45) is -3.74. The highest BCUT2D eigenvalue weighted by Crippen LogP contribution is 2.32. The van der Waals surface area contributed by atoms with Gasteiger partial charge in [-0.25, -0.2) is 0 Å². The van der Waals surface area contributed by atoms with Crippen LogP contribution in [0.5, 0.6) is 0 Å².